The van der Waals surface area contributed by atoms with Gasteiger partial charge in [0.1, 0.15) is 0 Å². The standard InChI is InChI=1S/C16H20N2S/c1-18(11-14-6-5-9-17-10-14)12-16(13-19)15-7-3-2-4-8-15/h2-10,16,19H,11-13H2,1H3. The average molecular weight is 272 g/mol. The predicted octanol–water partition coefficient (Wildman–Crippen LogP) is 3.23. The molecule has 19 heavy (non-hydrogen) atoms. The molecule has 1 heterocycles. The van der Waals surface area contributed by atoms with E-state index in [-0.39, 0.29) is 0 Å². The quantitative estimate of drug-likeness (QED) is 0.813. The molecule has 0 N–H and O–H groups in total. The average Bonchev–Trinajstić information content (AvgIpc) is 2.47. The highest BCUT2D eigenvalue weighted by atomic mass is 32.1. The Hall–Kier alpha value is -1.32. The number of rotatable bonds is 6. The van der Waals surface area contributed by atoms with E-state index in [0.29, 0.717) is 5.92 Å². The minimum Gasteiger partial charge on any atom is -0.301 e. The van der Waals surface area contributed by atoms with Crippen LogP contribution in [0.2, 0.25) is 0 Å². The fourth-order valence-electron chi connectivity index (χ4n) is 2.24. The molecule has 0 bridgehead atoms. The third-order valence-electron chi connectivity index (χ3n) is 3.20. The second-order valence-electron chi connectivity index (χ2n) is 4.85. The highest BCUT2D eigenvalue weighted by Gasteiger charge is 2.12. The third kappa shape index (κ3) is 4.37. The minimum atomic E-state index is 0.464. The Kier molecular flexibility index (Phi) is 5.43. The Labute approximate surface area is 120 Å². The van der Waals surface area contributed by atoms with Crippen molar-refractivity contribution in [3.63, 3.8) is 0 Å². The molecule has 0 radical (unpaired) electrons. The van der Waals surface area contributed by atoms with Crippen LogP contribution in [0.15, 0.2) is 54.9 Å². The molecule has 2 aromatic rings. The lowest BCUT2D eigenvalue weighted by Gasteiger charge is -2.23. The van der Waals surface area contributed by atoms with Crippen LogP contribution < -0.4 is 0 Å². The lowest BCUT2D eigenvalue weighted by molar-refractivity contribution is 0.311. The van der Waals surface area contributed by atoms with Gasteiger partial charge >= 0.3 is 0 Å². The first kappa shape index (κ1) is 14.1. The summed E-state index contributed by atoms with van der Waals surface area (Å²) < 4.78 is 0. The van der Waals surface area contributed by atoms with Gasteiger partial charge in [0, 0.05) is 31.4 Å². The summed E-state index contributed by atoms with van der Waals surface area (Å²) in [6.07, 6.45) is 3.73. The van der Waals surface area contributed by atoms with Gasteiger partial charge in [0.05, 0.1) is 0 Å². The van der Waals surface area contributed by atoms with E-state index in [0.717, 1.165) is 18.8 Å². The summed E-state index contributed by atoms with van der Waals surface area (Å²) in [6.45, 7) is 1.92. The van der Waals surface area contributed by atoms with E-state index < -0.39 is 0 Å². The summed E-state index contributed by atoms with van der Waals surface area (Å²) in [5, 5.41) is 0. The molecule has 0 aliphatic carbocycles. The van der Waals surface area contributed by atoms with Crippen molar-refractivity contribution in [1.29, 1.82) is 0 Å². The number of nitrogens with zero attached hydrogens (tertiary/aromatic N) is 2. The van der Waals surface area contributed by atoms with Crippen molar-refractivity contribution in [2.24, 2.45) is 0 Å². The van der Waals surface area contributed by atoms with Crippen molar-refractivity contribution in [1.82, 2.24) is 9.88 Å². The van der Waals surface area contributed by atoms with E-state index >= 15 is 0 Å². The molecule has 2 nitrogen and oxygen atoms in total. The third-order valence-corrected chi connectivity index (χ3v) is 3.64. The molecule has 0 spiro atoms. The highest BCUT2D eigenvalue weighted by Crippen LogP contribution is 2.18. The van der Waals surface area contributed by atoms with Gasteiger partial charge < -0.3 is 4.90 Å². The normalized spacial score (nSPS) is 12.6. The molecule has 0 amide bonds. The van der Waals surface area contributed by atoms with Gasteiger partial charge in [-0.1, -0.05) is 36.4 Å². The highest BCUT2D eigenvalue weighted by molar-refractivity contribution is 7.80. The molecule has 3 heteroatoms. The van der Waals surface area contributed by atoms with E-state index in [4.69, 9.17) is 0 Å². The van der Waals surface area contributed by atoms with Gasteiger partial charge in [0.15, 0.2) is 0 Å². The van der Waals surface area contributed by atoms with Crippen LogP contribution in [-0.4, -0.2) is 29.2 Å². The maximum Gasteiger partial charge on any atom is 0.0312 e. The Morgan fingerprint density at radius 1 is 1.16 bits per heavy atom. The van der Waals surface area contributed by atoms with E-state index in [1.54, 1.807) is 0 Å². The Morgan fingerprint density at radius 2 is 1.95 bits per heavy atom. The van der Waals surface area contributed by atoms with Gasteiger partial charge in [0.25, 0.3) is 0 Å². The second-order valence-corrected chi connectivity index (χ2v) is 5.21. The van der Waals surface area contributed by atoms with Gasteiger partial charge in [-0.05, 0) is 30.0 Å². The van der Waals surface area contributed by atoms with Crippen molar-refractivity contribution >= 4 is 12.6 Å². The van der Waals surface area contributed by atoms with Crippen LogP contribution in [0.3, 0.4) is 0 Å². The Bertz CT molecular complexity index is 473. The Balaban J connectivity index is 1.95. The lowest BCUT2D eigenvalue weighted by Crippen LogP contribution is -2.25. The fraction of sp³-hybridized carbons (Fsp3) is 0.312. The number of thiol groups is 1. The van der Waals surface area contributed by atoms with Crippen LogP contribution in [0.25, 0.3) is 0 Å². The minimum absolute atomic E-state index is 0.464. The number of hydrogen-bond donors (Lipinski definition) is 1. The molecule has 1 atom stereocenters. The first-order valence-corrected chi connectivity index (χ1v) is 7.16. The SMILES string of the molecule is CN(Cc1cccnc1)CC(CS)c1ccccc1. The number of aromatic nitrogens is 1. The summed E-state index contributed by atoms with van der Waals surface area (Å²) in [6, 6.07) is 14.7. The lowest BCUT2D eigenvalue weighted by atomic mass is 10.0. The summed E-state index contributed by atoms with van der Waals surface area (Å²) in [5.41, 5.74) is 2.60. The molecule has 2 rings (SSSR count). The molecule has 1 aromatic heterocycles. The molecule has 1 aromatic carbocycles. The smallest absolute Gasteiger partial charge is 0.0312 e. The van der Waals surface area contributed by atoms with E-state index in [1.807, 2.05) is 18.5 Å². The topological polar surface area (TPSA) is 16.1 Å². The molecule has 0 aliphatic heterocycles. The molecular weight excluding hydrogens is 252 g/mol. The van der Waals surface area contributed by atoms with E-state index in [1.165, 1.54) is 11.1 Å². The maximum absolute atomic E-state index is 4.49. The fourth-order valence-corrected chi connectivity index (χ4v) is 2.56. The molecular formula is C16H20N2S. The van der Waals surface area contributed by atoms with Gasteiger partial charge in [-0.2, -0.15) is 12.6 Å². The molecule has 100 valence electrons. The molecule has 0 saturated carbocycles. The summed E-state index contributed by atoms with van der Waals surface area (Å²) in [4.78, 5) is 6.48. The zero-order valence-electron chi connectivity index (χ0n) is 11.2. The van der Waals surface area contributed by atoms with Crippen molar-refractivity contribution in [3.05, 3.63) is 66.0 Å². The van der Waals surface area contributed by atoms with Crippen LogP contribution >= 0.6 is 12.6 Å². The zero-order chi connectivity index (χ0) is 13.5. The van der Waals surface area contributed by atoms with E-state index in [9.17, 15) is 0 Å². The van der Waals surface area contributed by atoms with E-state index in [2.05, 4.69) is 66.0 Å². The van der Waals surface area contributed by atoms with Crippen molar-refractivity contribution in [2.45, 2.75) is 12.5 Å². The molecule has 0 aliphatic rings. The summed E-state index contributed by atoms with van der Waals surface area (Å²) >= 11 is 4.49. The number of likely N-dealkylation sites (N-methyl/N-ethyl adjacent to an activating group) is 1. The van der Waals surface area contributed by atoms with Gasteiger partial charge in [-0.25, -0.2) is 0 Å². The molecule has 1 unspecified atom stereocenters. The largest absolute Gasteiger partial charge is 0.301 e. The summed E-state index contributed by atoms with van der Waals surface area (Å²) in [5.74, 6) is 1.33. The zero-order valence-corrected chi connectivity index (χ0v) is 12.1. The van der Waals surface area contributed by atoms with Crippen LogP contribution in [0.5, 0.6) is 0 Å². The van der Waals surface area contributed by atoms with Gasteiger partial charge in [-0.3, -0.25) is 4.98 Å². The number of hydrogen-bond acceptors (Lipinski definition) is 3. The van der Waals surface area contributed by atoms with Crippen LogP contribution in [0.4, 0.5) is 0 Å². The number of benzene rings is 1. The number of pyridine rings is 1. The van der Waals surface area contributed by atoms with Gasteiger partial charge in [0.2, 0.25) is 0 Å². The first-order chi connectivity index (χ1) is 9.29. The van der Waals surface area contributed by atoms with Crippen LogP contribution in [0.1, 0.15) is 17.0 Å². The monoisotopic (exact) mass is 272 g/mol. The van der Waals surface area contributed by atoms with Crippen LogP contribution in [-0.2, 0) is 6.54 Å². The summed E-state index contributed by atoms with van der Waals surface area (Å²) in [7, 11) is 2.15. The first-order valence-electron chi connectivity index (χ1n) is 6.53. The van der Waals surface area contributed by atoms with Crippen LogP contribution in [0, 0.1) is 0 Å². The Morgan fingerprint density at radius 3 is 2.58 bits per heavy atom. The van der Waals surface area contributed by atoms with Gasteiger partial charge in [-0.15, -0.1) is 0 Å². The molecule has 0 saturated heterocycles. The second kappa shape index (κ2) is 7.31. The van der Waals surface area contributed by atoms with Crippen molar-refractivity contribution in [2.75, 3.05) is 19.3 Å². The predicted molar refractivity (Wildman–Crippen MR) is 83.6 cm³/mol. The van der Waals surface area contributed by atoms with Crippen molar-refractivity contribution in [3.8, 4) is 0 Å². The molecule has 0 fully saturated rings. The maximum atomic E-state index is 4.49. The van der Waals surface area contributed by atoms with Crippen molar-refractivity contribution < 1.29 is 0 Å².